The van der Waals surface area contributed by atoms with E-state index in [0.29, 0.717) is 10.0 Å². The highest BCUT2D eigenvalue weighted by Gasteiger charge is 2.13. The zero-order valence-corrected chi connectivity index (χ0v) is 12.3. The van der Waals surface area contributed by atoms with Gasteiger partial charge in [0.05, 0.1) is 5.75 Å². The van der Waals surface area contributed by atoms with Gasteiger partial charge in [-0.1, -0.05) is 36.2 Å². The van der Waals surface area contributed by atoms with Crippen molar-refractivity contribution < 1.29 is 8.42 Å². The fraction of sp³-hybridized carbons (Fsp3) is 0.455. The molecule has 0 fully saturated rings. The molecule has 1 aromatic carbocycles. The Balaban J connectivity index is 2.71. The van der Waals surface area contributed by atoms with Crippen LogP contribution in [0.15, 0.2) is 18.2 Å². The average Bonchev–Trinajstić information content (AvgIpc) is 2.24. The first-order valence-corrected chi connectivity index (χ1v) is 7.99. The van der Waals surface area contributed by atoms with E-state index in [4.69, 9.17) is 28.3 Å². The summed E-state index contributed by atoms with van der Waals surface area (Å²) in [6.45, 7) is 2.27. The highest BCUT2D eigenvalue weighted by atomic mass is 35.5. The largest absolute Gasteiger partial charge is 0.309 e. The van der Waals surface area contributed by atoms with Gasteiger partial charge in [-0.25, -0.2) is 13.6 Å². The van der Waals surface area contributed by atoms with E-state index in [-0.39, 0.29) is 18.3 Å². The minimum Gasteiger partial charge on any atom is -0.309 e. The van der Waals surface area contributed by atoms with Crippen LogP contribution in [-0.4, -0.2) is 20.7 Å². The quantitative estimate of drug-likeness (QED) is 0.847. The highest BCUT2D eigenvalue weighted by Crippen LogP contribution is 2.27. The predicted octanol–water partition coefficient (Wildman–Crippen LogP) is 2.32. The monoisotopic (exact) mass is 310 g/mol. The van der Waals surface area contributed by atoms with Gasteiger partial charge in [0, 0.05) is 22.6 Å². The maximum Gasteiger partial charge on any atom is 0.210 e. The molecule has 0 aromatic heterocycles. The van der Waals surface area contributed by atoms with Crippen LogP contribution in [0.1, 0.15) is 24.9 Å². The Morgan fingerprint density at radius 3 is 2.56 bits per heavy atom. The summed E-state index contributed by atoms with van der Waals surface area (Å²) in [6.07, 6.45) is 0.784. The summed E-state index contributed by atoms with van der Waals surface area (Å²) in [5, 5.41) is 9.20. The molecule has 18 heavy (non-hydrogen) atoms. The van der Waals surface area contributed by atoms with Crippen LogP contribution in [0.25, 0.3) is 0 Å². The van der Waals surface area contributed by atoms with Crippen LogP contribution >= 0.6 is 23.2 Å². The Morgan fingerprint density at radius 2 is 2.06 bits per heavy atom. The van der Waals surface area contributed by atoms with Crippen LogP contribution in [0, 0.1) is 0 Å². The second-order valence-corrected chi connectivity index (χ2v) is 6.53. The molecule has 0 aliphatic carbocycles. The standard InChI is InChI=1S/C11H16Cl2N2O2S/c1-2-11(15-5-6-18(14,16)17)9-4-3-8(12)7-10(9)13/h3-4,7,11,15H,2,5-6H2,1H3,(H2,14,16,17). The second kappa shape index (κ2) is 6.73. The third-order valence-corrected chi connectivity index (χ3v) is 3.86. The summed E-state index contributed by atoms with van der Waals surface area (Å²) in [5.74, 6) is -0.102. The molecule has 102 valence electrons. The molecule has 3 N–H and O–H groups in total. The number of primary sulfonamides is 1. The van der Waals surface area contributed by atoms with Gasteiger partial charge in [0.25, 0.3) is 0 Å². The summed E-state index contributed by atoms with van der Waals surface area (Å²) in [7, 11) is -3.44. The van der Waals surface area contributed by atoms with Crippen molar-refractivity contribution in [3.63, 3.8) is 0 Å². The number of halogens is 2. The number of nitrogens with one attached hydrogen (secondary N) is 1. The molecule has 0 bridgehead atoms. The molecular formula is C11H16Cl2N2O2S. The third-order valence-electron chi connectivity index (χ3n) is 2.52. The molecule has 7 heteroatoms. The van der Waals surface area contributed by atoms with Crippen molar-refractivity contribution in [3.05, 3.63) is 33.8 Å². The number of nitrogens with two attached hydrogens (primary N) is 1. The van der Waals surface area contributed by atoms with E-state index in [9.17, 15) is 8.42 Å². The Labute approximate surface area is 118 Å². The molecule has 0 saturated carbocycles. The first-order chi connectivity index (χ1) is 8.33. The number of rotatable bonds is 6. The van der Waals surface area contributed by atoms with Crippen LogP contribution < -0.4 is 10.5 Å². The normalized spacial score (nSPS) is 13.6. The Bertz CT molecular complexity index is 506. The van der Waals surface area contributed by atoms with E-state index in [1.807, 2.05) is 13.0 Å². The Hall–Kier alpha value is -0.330. The van der Waals surface area contributed by atoms with Gasteiger partial charge in [-0.2, -0.15) is 0 Å². The number of hydrogen-bond donors (Lipinski definition) is 2. The molecule has 1 rings (SSSR count). The molecule has 0 amide bonds. The van der Waals surface area contributed by atoms with Gasteiger partial charge in [-0.15, -0.1) is 0 Å². The molecule has 1 atom stereocenters. The van der Waals surface area contributed by atoms with Gasteiger partial charge >= 0.3 is 0 Å². The molecule has 4 nitrogen and oxygen atoms in total. The summed E-state index contributed by atoms with van der Waals surface area (Å²) in [5.41, 5.74) is 0.901. The maximum absolute atomic E-state index is 10.8. The molecule has 1 aromatic rings. The lowest BCUT2D eigenvalue weighted by atomic mass is 10.0. The van der Waals surface area contributed by atoms with E-state index < -0.39 is 10.0 Å². The zero-order valence-electron chi connectivity index (χ0n) is 9.99. The minimum absolute atomic E-state index is 0.0171. The van der Waals surface area contributed by atoms with Crippen molar-refractivity contribution in [3.8, 4) is 0 Å². The summed E-state index contributed by atoms with van der Waals surface area (Å²) >= 11 is 11.9. The van der Waals surface area contributed by atoms with Gasteiger partial charge in [-0.3, -0.25) is 0 Å². The van der Waals surface area contributed by atoms with E-state index >= 15 is 0 Å². The summed E-state index contributed by atoms with van der Waals surface area (Å²) in [6, 6.07) is 5.24. The first kappa shape index (κ1) is 15.7. The molecular weight excluding hydrogens is 295 g/mol. The topological polar surface area (TPSA) is 72.2 Å². The minimum atomic E-state index is -3.44. The van der Waals surface area contributed by atoms with Gasteiger partial charge < -0.3 is 5.32 Å². The van der Waals surface area contributed by atoms with Crippen LogP contribution in [0.3, 0.4) is 0 Å². The molecule has 0 heterocycles. The van der Waals surface area contributed by atoms with E-state index in [2.05, 4.69) is 5.32 Å². The average molecular weight is 311 g/mol. The number of benzene rings is 1. The van der Waals surface area contributed by atoms with Crippen molar-refractivity contribution in [1.82, 2.24) is 5.32 Å². The number of hydrogen-bond acceptors (Lipinski definition) is 3. The number of sulfonamides is 1. The van der Waals surface area contributed by atoms with Crippen molar-refractivity contribution in [2.75, 3.05) is 12.3 Å². The molecule has 1 unspecified atom stereocenters. The van der Waals surface area contributed by atoms with E-state index in [0.717, 1.165) is 12.0 Å². The van der Waals surface area contributed by atoms with Crippen LogP contribution in [0.4, 0.5) is 0 Å². The third kappa shape index (κ3) is 5.12. The van der Waals surface area contributed by atoms with Crippen molar-refractivity contribution >= 4 is 33.2 Å². The first-order valence-electron chi connectivity index (χ1n) is 5.52. The SMILES string of the molecule is CCC(NCCS(N)(=O)=O)c1ccc(Cl)cc1Cl. The molecule has 0 spiro atoms. The molecule has 0 aliphatic heterocycles. The van der Waals surface area contributed by atoms with Crippen molar-refractivity contribution in [2.45, 2.75) is 19.4 Å². The van der Waals surface area contributed by atoms with Crippen LogP contribution in [-0.2, 0) is 10.0 Å². The lowest BCUT2D eigenvalue weighted by molar-refractivity contribution is 0.532. The van der Waals surface area contributed by atoms with Crippen LogP contribution in [0.2, 0.25) is 10.0 Å². The Morgan fingerprint density at radius 1 is 1.39 bits per heavy atom. The van der Waals surface area contributed by atoms with Gasteiger partial charge in [0.2, 0.25) is 10.0 Å². The fourth-order valence-corrected chi connectivity index (χ4v) is 2.58. The van der Waals surface area contributed by atoms with Gasteiger partial charge in [-0.05, 0) is 24.1 Å². The Kier molecular flexibility index (Phi) is 5.88. The van der Waals surface area contributed by atoms with Gasteiger partial charge in [0.15, 0.2) is 0 Å². The summed E-state index contributed by atoms with van der Waals surface area (Å²) in [4.78, 5) is 0. The van der Waals surface area contributed by atoms with Crippen molar-refractivity contribution in [2.24, 2.45) is 5.14 Å². The second-order valence-electron chi connectivity index (χ2n) is 3.95. The highest BCUT2D eigenvalue weighted by molar-refractivity contribution is 7.89. The smallest absolute Gasteiger partial charge is 0.210 e. The fourth-order valence-electron chi connectivity index (χ4n) is 1.63. The zero-order chi connectivity index (χ0) is 13.8. The van der Waals surface area contributed by atoms with Crippen LogP contribution in [0.5, 0.6) is 0 Å². The molecule has 0 radical (unpaired) electrons. The van der Waals surface area contributed by atoms with E-state index in [1.165, 1.54) is 0 Å². The lowest BCUT2D eigenvalue weighted by Gasteiger charge is -2.18. The van der Waals surface area contributed by atoms with E-state index in [1.54, 1.807) is 12.1 Å². The van der Waals surface area contributed by atoms with Crippen molar-refractivity contribution in [1.29, 1.82) is 0 Å². The summed E-state index contributed by atoms with van der Waals surface area (Å²) < 4.78 is 21.7. The lowest BCUT2D eigenvalue weighted by Crippen LogP contribution is -2.30. The molecule has 0 aliphatic rings. The maximum atomic E-state index is 10.8. The van der Waals surface area contributed by atoms with Gasteiger partial charge in [0.1, 0.15) is 0 Å². The molecule has 0 saturated heterocycles. The predicted molar refractivity (Wildman–Crippen MR) is 75.5 cm³/mol.